The van der Waals surface area contributed by atoms with Gasteiger partial charge in [-0.15, -0.1) is 0 Å². The number of carbonyl (C=O) groups excluding carboxylic acids is 1. The number of rotatable bonds is 7. The fourth-order valence-corrected chi connectivity index (χ4v) is 2.35. The van der Waals surface area contributed by atoms with Crippen molar-refractivity contribution in [1.29, 1.82) is 0 Å². The van der Waals surface area contributed by atoms with Crippen molar-refractivity contribution >= 4 is 16.8 Å². The number of benzene rings is 1. The van der Waals surface area contributed by atoms with Crippen molar-refractivity contribution in [3.05, 3.63) is 36.0 Å². The Morgan fingerprint density at radius 1 is 1.40 bits per heavy atom. The summed E-state index contributed by atoms with van der Waals surface area (Å²) in [4.78, 5) is 15.0. The number of H-pyrrole nitrogens is 1. The maximum Gasteiger partial charge on any atom is 0.236 e. The zero-order valence-corrected chi connectivity index (χ0v) is 12.0. The molecule has 0 fully saturated rings. The van der Waals surface area contributed by atoms with Crippen LogP contribution in [0.3, 0.4) is 0 Å². The summed E-state index contributed by atoms with van der Waals surface area (Å²) in [6.45, 7) is 2.72. The lowest BCUT2D eigenvalue weighted by atomic mass is 10.1. The predicted octanol–water partition coefficient (Wildman–Crippen LogP) is 2.34. The summed E-state index contributed by atoms with van der Waals surface area (Å²) in [7, 11) is 0. The van der Waals surface area contributed by atoms with Gasteiger partial charge in [-0.05, 0) is 24.5 Å². The molecule has 0 aliphatic carbocycles. The molecule has 1 aromatic heterocycles. The van der Waals surface area contributed by atoms with E-state index < -0.39 is 0 Å². The Kier molecular flexibility index (Phi) is 5.18. The number of para-hydroxylation sites is 1. The SMILES string of the molecule is CCCCC(N)C(=O)NCCc1c[nH]c2ccccc12. The van der Waals surface area contributed by atoms with Crippen LogP contribution in [0.1, 0.15) is 31.7 Å². The normalized spacial score (nSPS) is 12.5. The summed E-state index contributed by atoms with van der Waals surface area (Å²) in [6, 6.07) is 7.81. The molecule has 1 atom stereocenters. The Balaban J connectivity index is 1.82. The van der Waals surface area contributed by atoms with E-state index in [-0.39, 0.29) is 11.9 Å². The number of hydrogen-bond acceptors (Lipinski definition) is 2. The van der Waals surface area contributed by atoms with E-state index in [0.717, 1.165) is 31.2 Å². The molecule has 0 aliphatic rings. The fraction of sp³-hybridized carbons (Fsp3) is 0.438. The summed E-state index contributed by atoms with van der Waals surface area (Å²) in [6.07, 6.45) is 5.65. The Bertz CT molecular complexity index is 562. The number of aromatic nitrogens is 1. The van der Waals surface area contributed by atoms with Gasteiger partial charge in [0, 0.05) is 23.6 Å². The minimum Gasteiger partial charge on any atom is -0.361 e. The molecule has 0 bridgehead atoms. The molecule has 108 valence electrons. The molecule has 0 saturated heterocycles. The first kappa shape index (κ1) is 14.6. The van der Waals surface area contributed by atoms with Crippen LogP contribution in [-0.4, -0.2) is 23.5 Å². The largest absolute Gasteiger partial charge is 0.361 e. The highest BCUT2D eigenvalue weighted by atomic mass is 16.2. The molecular formula is C16H23N3O. The number of fused-ring (bicyclic) bond motifs is 1. The number of nitrogens with two attached hydrogens (primary N) is 1. The molecule has 1 aromatic carbocycles. The zero-order valence-electron chi connectivity index (χ0n) is 12.0. The lowest BCUT2D eigenvalue weighted by molar-refractivity contribution is -0.122. The van der Waals surface area contributed by atoms with Gasteiger partial charge in [-0.1, -0.05) is 38.0 Å². The number of aromatic amines is 1. The molecule has 0 aliphatic heterocycles. The summed E-state index contributed by atoms with van der Waals surface area (Å²) >= 11 is 0. The van der Waals surface area contributed by atoms with Crippen molar-refractivity contribution < 1.29 is 4.79 Å². The summed E-state index contributed by atoms with van der Waals surface area (Å²) in [5.74, 6) is -0.0432. The van der Waals surface area contributed by atoms with Crippen LogP contribution in [0.15, 0.2) is 30.5 Å². The van der Waals surface area contributed by atoms with Crippen molar-refractivity contribution in [1.82, 2.24) is 10.3 Å². The van der Waals surface area contributed by atoms with Gasteiger partial charge in [-0.2, -0.15) is 0 Å². The molecule has 0 radical (unpaired) electrons. The van der Waals surface area contributed by atoms with Gasteiger partial charge < -0.3 is 16.0 Å². The number of unbranched alkanes of at least 4 members (excludes halogenated alkanes) is 1. The van der Waals surface area contributed by atoms with Crippen molar-refractivity contribution in [2.75, 3.05) is 6.54 Å². The summed E-state index contributed by atoms with van der Waals surface area (Å²) in [5, 5.41) is 4.14. The Hall–Kier alpha value is -1.81. The van der Waals surface area contributed by atoms with E-state index in [1.54, 1.807) is 0 Å². The van der Waals surface area contributed by atoms with Crippen molar-refractivity contribution in [2.45, 2.75) is 38.6 Å². The average Bonchev–Trinajstić information content (AvgIpc) is 2.88. The van der Waals surface area contributed by atoms with Gasteiger partial charge in [0.25, 0.3) is 0 Å². The van der Waals surface area contributed by atoms with Gasteiger partial charge in [-0.3, -0.25) is 4.79 Å². The van der Waals surface area contributed by atoms with Crippen molar-refractivity contribution in [3.63, 3.8) is 0 Å². The summed E-state index contributed by atoms with van der Waals surface area (Å²) < 4.78 is 0. The van der Waals surface area contributed by atoms with E-state index in [1.165, 1.54) is 10.9 Å². The third kappa shape index (κ3) is 3.61. The monoisotopic (exact) mass is 273 g/mol. The quantitative estimate of drug-likeness (QED) is 0.724. The zero-order chi connectivity index (χ0) is 14.4. The van der Waals surface area contributed by atoms with E-state index in [1.807, 2.05) is 18.3 Å². The van der Waals surface area contributed by atoms with E-state index in [2.05, 4.69) is 29.4 Å². The maximum atomic E-state index is 11.8. The van der Waals surface area contributed by atoms with E-state index in [0.29, 0.717) is 6.54 Å². The first-order valence-corrected chi connectivity index (χ1v) is 7.30. The highest BCUT2D eigenvalue weighted by Crippen LogP contribution is 2.17. The minimum atomic E-state index is -0.377. The van der Waals surface area contributed by atoms with Crippen molar-refractivity contribution in [2.24, 2.45) is 5.73 Å². The molecular weight excluding hydrogens is 250 g/mol. The second-order valence-corrected chi connectivity index (χ2v) is 5.15. The molecule has 1 heterocycles. The number of hydrogen-bond donors (Lipinski definition) is 3. The third-order valence-corrected chi connectivity index (χ3v) is 3.57. The molecule has 4 nitrogen and oxygen atoms in total. The highest BCUT2D eigenvalue weighted by Gasteiger charge is 2.12. The van der Waals surface area contributed by atoms with Crippen LogP contribution in [0.4, 0.5) is 0 Å². The van der Waals surface area contributed by atoms with Crippen LogP contribution in [0.5, 0.6) is 0 Å². The molecule has 20 heavy (non-hydrogen) atoms. The van der Waals surface area contributed by atoms with Crippen molar-refractivity contribution in [3.8, 4) is 0 Å². The lowest BCUT2D eigenvalue weighted by Crippen LogP contribution is -2.41. The lowest BCUT2D eigenvalue weighted by Gasteiger charge is -2.11. The highest BCUT2D eigenvalue weighted by molar-refractivity contribution is 5.83. The Morgan fingerprint density at radius 2 is 2.20 bits per heavy atom. The molecule has 2 rings (SSSR count). The van der Waals surface area contributed by atoms with E-state index in [4.69, 9.17) is 5.73 Å². The van der Waals surface area contributed by atoms with Crippen LogP contribution in [0, 0.1) is 0 Å². The van der Waals surface area contributed by atoms with Gasteiger partial charge in [0.2, 0.25) is 5.91 Å². The van der Waals surface area contributed by atoms with E-state index in [9.17, 15) is 4.79 Å². The Labute approximate surface area is 119 Å². The van der Waals surface area contributed by atoms with Gasteiger partial charge in [0.15, 0.2) is 0 Å². The van der Waals surface area contributed by atoms with Crippen LogP contribution in [0.25, 0.3) is 10.9 Å². The molecule has 1 amide bonds. The maximum absolute atomic E-state index is 11.8. The van der Waals surface area contributed by atoms with Gasteiger partial charge in [-0.25, -0.2) is 0 Å². The fourth-order valence-electron chi connectivity index (χ4n) is 2.35. The van der Waals surface area contributed by atoms with Crippen LogP contribution >= 0.6 is 0 Å². The molecule has 2 aromatic rings. The molecule has 4 heteroatoms. The number of carbonyl (C=O) groups is 1. The van der Waals surface area contributed by atoms with Crippen LogP contribution in [-0.2, 0) is 11.2 Å². The van der Waals surface area contributed by atoms with Gasteiger partial charge in [0.1, 0.15) is 0 Å². The Morgan fingerprint density at radius 3 is 3.00 bits per heavy atom. The average molecular weight is 273 g/mol. The molecule has 1 unspecified atom stereocenters. The summed E-state index contributed by atoms with van der Waals surface area (Å²) in [5.41, 5.74) is 8.19. The van der Waals surface area contributed by atoms with Crippen LogP contribution in [0.2, 0.25) is 0 Å². The molecule has 4 N–H and O–H groups in total. The van der Waals surface area contributed by atoms with E-state index >= 15 is 0 Å². The third-order valence-electron chi connectivity index (χ3n) is 3.57. The first-order chi connectivity index (χ1) is 9.72. The predicted molar refractivity (Wildman–Crippen MR) is 82.5 cm³/mol. The molecule has 0 spiro atoms. The second-order valence-electron chi connectivity index (χ2n) is 5.15. The number of nitrogens with one attached hydrogen (secondary N) is 2. The topological polar surface area (TPSA) is 70.9 Å². The first-order valence-electron chi connectivity index (χ1n) is 7.30. The second kappa shape index (κ2) is 7.10. The molecule has 0 saturated carbocycles. The van der Waals surface area contributed by atoms with Gasteiger partial charge >= 0.3 is 0 Å². The smallest absolute Gasteiger partial charge is 0.236 e. The number of amides is 1. The minimum absolute atomic E-state index is 0.0432. The van der Waals surface area contributed by atoms with Crippen LogP contribution < -0.4 is 11.1 Å². The van der Waals surface area contributed by atoms with Gasteiger partial charge in [0.05, 0.1) is 6.04 Å². The standard InChI is InChI=1S/C16H23N3O/c1-2-3-7-14(17)16(20)18-10-9-12-11-19-15-8-5-4-6-13(12)15/h4-6,8,11,14,19H,2-3,7,9-10,17H2,1H3,(H,18,20).